The number of rotatable bonds is 7. The number of nitrogens with one attached hydrogen (secondary N) is 1. The summed E-state index contributed by atoms with van der Waals surface area (Å²) in [4.78, 5) is 24.4. The molecule has 0 spiro atoms. The predicted octanol–water partition coefficient (Wildman–Crippen LogP) is 4.94. The lowest BCUT2D eigenvalue weighted by atomic mass is 9.93. The summed E-state index contributed by atoms with van der Waals surface area (Å²) >= 11 is 6.07. The molecule has 0 saturated carbocycles. The summed E-state index contributed by atoms with van der Waals surface area (Å²) in [6.07, 6.45) is 0.765. The maximum absolute atomic E-state index is 12.3. The van der Waals surface area contributed by atoms with E-state index in [0.29, 0.717) is 17.0 Å². The minimum Gasteiger partial charge on any atom is -0.326 e. The molecule has 0 radical (unpaired) electrons. The van der Waals surface area contributed by atoms with Gasteiger partial charge in [-0.2, -0.15) is 5.26 Å². The number of aryl methyl sites for hydroxylation is 2. The second kappa shape index (κ2) is 9.17. The fraction of sp³-hybridized carbons (Fsp3) is 0.286. The summed E-state index contributed by atoms with van der Waals surface area (Å²) < 4.78 is 0. The quantitative estimate of drug-likeness (QED) is 0.752. The summed E-state index contributed by atoms with van der Waals surface area (Å²) in [6.45, 7) is 4.00. The molecule has 1 amide bonds. The van der Waals surface area contributed by atoms with Crippen LogP contribution in [0.3, 0.4) is 0 Å². The second-order valence-corrected chi connectivity index (χ2v) is 6.66. The molecular formula is C21H21ClN2O2. The van der Waals surface area contributed by atoms with Gasteiger partial charge < -0.3 is 5.32 Å². The molecule has 0 heterocycles. The molecule has 2 aromatic rings. The van der Waals surface area contributed by atoms with Gasteiger partial charge in [-0.15, -0.1) is 0 Å². The molecule has 0 bridgehead atoms. The molecule has 5 heteroatoms. The molecule has 0 aliphatic carbocycles. The molecule has 4 nitrogen and oxygen atoms in total. The molecule has 1 atom stereocenters. The molecule has 0 saturated heterocycles. The van der Waals surface area contributed by atoms with Crippen LogP contribution in [0, 0.1) is 25.2 Å². The van der Waals surface area contributed by atoms with Crippen molar-refractivity contribution in [3.63, 3.8) is 0 Å². The first-order valence-electron chi connectivity index (χ1n) is 8.46. The summed E-state index contributed by atoms with van der Waals surface area (Å²) in [5.74, 6) is -1.27. The normalized spacial score (nSPS) is 11.5. The number of hydrogen-bond acceptors (Lipinski definition) is 3. The van der Waals surface area contributed by atoms with Gasteiger partial charge in [0.25, 0.3) is 0 Å². The Morgan fingerprint density at radius 3 is 2.50 bits per heavy atom. The molecule has 0 aliphatic rings. The van der Waals surface area contributed by atoms with Crippen LogP contribution in [0.15, 0.2) is 42.5 Å². The Morgan fingerprint density at radius 1 is 1.12 bits per heavy atom. The van der Waals surface area contributed by atoms with Gasteiger partial charge in [-0.1, -0.05) is 35.9 Å². The minimum atomic E-state index is -0.897. The first-order chi connectivity index (χ1) is 12.4. The third kappa shape index (κ3) is 5.18. The summed E-state index contributed by atoms with van der Waals surface area (Å²) in [5, 5.41) is 12.6. The molecule has 0 aromatic heterocycles. The molecule has 0 fully saturated rings. The van der Waals surface area contributed by atoms with Crippen molar-refractivity contribution in [2.45, 2.75) is 39.0 Å². The zero-order valence-corrected chi connectivity index (χ0v) is 15.6. The van der Waals surface area contributed by atoms with Gasteiger partial charge in [0.1, 0.15) is 5.92 Å². The van der Waals surface area contributed by atoms with E-state index in [9.17, 15) is 14.9 Å². The van der Waals surface area contributed by atoms with Gasteiger partial charge in [-0.05, 0) is 55.2 Å². The zero-order valence-electron chi connectivity index (χ0n) is 14.9. The van der Waals surface area contributed by atoms with Crippen LogP contribution in [-0.4, -0.2) is 11.7 Å². The van der Waals surface area contributed by atoms with E-state index in [0.717, 1.165) is 16.8 Å². The van der Waals surface area contributed by atoms with Crippen molar-refractivity contribution in [3.8, 4) is 6.07 Å². The Balaban J connectivity index is 1.87. The van der Waals surface area contributed by atoms with Gasteiger partial charge in [0.2, 0.25) is 5.91 Å². The van der Waals surface area contributed by atoms with Crippen LogP contribution in [-0.2, 0) is 9.59 Å². The first kappa shape index (κ1) is 19.7. The summed E-state index contributed by atoms with van der Waals surface area (Å²) in [5.41, 5.74) is 3.53. The Morgan fingerprint density at radius 2 is 1.85 bits per heavy atom. The van der Waals surface area contributed by atoms with E-state index >= 15 is 0 Å². The van der Waals surface area contributed by atoms with Crippen molar-refractivity contribution in [2.75, 3.05) is 5.32 Å². The molecule has 1 N–H and O–H groups in total. The Hall–Kier alpha value is -2.64. The van der Waals surface area contributed by atoms with Crippen molar-refractivity contribution < 1.29 is 9.59 Å². The largest absolute Gasteiger partial charge is 0.326 e. The van der Waals surface area contributed by atoms with E-state index in [-0.39, 0.29) is 24.5 Å². The van der Waals surface area contributed by atoms with Gasteiger partial charge in [-0.3, -0.25) is 9.59 Å². The van der Waals surface area contributed by atoms with Crippen molar-refractivity contribution in [1.82, 2.24) is 0 Å². The molecule has 2 aromatic carbocycles. The smallest absolute Gasteiger partial charge is 0.224 e. The molecule has 1 unspecified atom stereocenters. The number of hydrogen-bond donors (Lipinski definition) is 1. The van der Waals surface area contributed by atoms with Gasteiger partial charge in [-0.25, -0.2) is 0 Å². The van der Waals surface area contributed by atoms with Crippen molar-refractivity contribution in [1.29, 1.82) is 5.26 Å². The van der Waals surface area contributed by atoms with E-state index in [4.69, 9.17) is 11.6 Å². The van der Waals surface area contributed by atoms with E-state index in [1.54, 1.807) is 24.3 Å². The van der Waals surface area contributed by atoms with Crippen LogP contribution in [0.4, 0.5) is 5.69 Å². The topological polar surface area (TPSA) is 70.0 Å². The summed E-state index contributed by atoms with van der Waals surface area (Å²) in [7, 11) is 0. The Bertz CT molecular complexity index is 855. The fourth-order valence-corrected chi connectivity index (χ4v) is 2.88. The SMILES string of the molecule is Cc1ccc(NC(=O)CCCC(=O)C(C#N)c2ccccc2Cl)cc1C. The highest BCUT2D eigenvalue weighted by Crippen LogP contribution is 2.26. The molecule has 134 valence electrons. The zero-order chi connectivity index (χ0) is 19.1. The van der Waals surface area contributed by atoms with Crippen LogP contribution in [0.5, 0.6) is 0 Å². The molecular weight excluding hydrogens is 348 g/mol. The predicted molar refractivity (Wildman–Crippen MR) is 103 cm³/mol. The summed E-state index contributed by atoms with van der Waals surface area (Å²) in [6, 6.07) is 14.6. The number of Topliss-reactive ketones (excluding diaryl/α,β-unsaturated/α-hetero) is 1. The Labute approximate surface area is 158 Å². The van der Waals surface area contributed by atoms with Gasteiger partial charge >= 0.3 is 0 Å². The number of anilines is 1. The van der Waals surface area contributed by atoms with Gasteiger partial charge in [0, 0.05) is 23.6 Å². The molecule has 0 aliphatic heterocycles. The highest BCUT2D eigenvalue weighted by atomic mass is 35.5. The number of carbonyl (C=O) groups is 2. The minimum absolute atomic E-state index is 0.146. The van der Waals surface area contributed by atoms with Gasteiger partial charge in [0.05, 0.1) is 6.07 Å². The van der Waals surface area contributed by atoms with Gasteiger partial charge in [0.15, 0.2) is 5.78 Å². The van der Waals surface area contributed by atoms with Crippen LogP contribution < -0.4 is 5.32 Å². The number of halogens is 1. The average Bonchev–Trinajstić information content (AvgIpc) is 2.60. The van der Waals surface area contributed by atoms with Crippen LogP contribution >= 0.6 is 11.6 Å². The third-order valence-electron chi connectivity index (χ3n) is 4.28. The van der Waals surface area contributed by atoms with Crippen molar-refractivity contribution >= 4 is 29.0 Å². The van der Waals surface area contributed by atoms with E-state index in [2.05, 4.69) is 5.32 Å². The maximum atomic E-state index is 12.3. The third-order valence-corrected chi connectivity index (χ3v) is 4.63. The van der Waals surface area contributed by atoms with Crippen LogP contribution in [0.25, 0.3) is 0 Å². The van der Waals surface area contributed by atoms with E-state index in [1.807, 2.05) is 38.1 Å². The number of nitriles is 1. The van der Waals surface area contributed by atoms with Crippen LogP contribution in [0.1, 0.15) is 41.9 Å². The number of carbonyl (C=O) groups excluding carboxylic acids is 2. The van der Waals surface area contributed by atoms with E-state index in [1.165, 1.54) is 0 Å². The second-order valence-electron chi connectivity index (χ2n) is 6.25. The number of nitrogens with zero attached hydrogens (tertiary/aromatic N) is 1. The average molecular weight is 369 g/mol. The molecule has 2 rings (SSSR count). The van der Waals surface area contributed by atoms with Crippen LogP contribution in [0.2, 0.25) is 5.02 Å². The molecule has 26 heavy (non-hydrogen) atoms. The first-order valence-corrected chi connectivity index (χ1v) is 8.84. The highest BCUT2D eigenvalue weighted by molar-refractivity contribution is 6.31. The lowest BCUT2D eigenvalue weighted by molar-refractivity contribution is -0.119. The lowest BCUT2D eigenvalue weighted by Gasteiger charge is -2.10. The van der Waals surface area contributed by atoms with Crippen molar-refractivity contribution in [2.24, 2.45) is 0 Å². The van der Waals surface area contributed by atoms with Crippen molar-refractivity contribution in [3.05, 3.63) is 64.2 Å². The number of ketones is 1. The maximum Gasteiger partial charge on any atom is 0.224 e. The number of amides is 1. The lowest BCUT2D eigenvalue weighted by Crippen LogP contribution is -2.14. The van der Waals surface area contributed by atoms with E-state index < -0.39 is 5.92 Å². The fourth-order valence-electron chi connectivity index (χ4n) is 2.63. The number of benzene rings is 2. The Kier molecular flexibility index (Phi) is 6.94. The monoisotopic (exact) mass is 368 g/mol. The highest BCUT2D eigenvalue weighted by Gasteiger charge is 2.22. The standard InChI is InChI=1S/C21H21ClN2O2/c1-14-10-11-16(12-15(14)2)24-21(26)9-5-8-20(25)18(13-23)17-6-3-4-7-19(17)22/h3-4,6-7,10-12,18H,5,8-9H2,1-2H3,(H,24,26).